The quantitative estimate of drug-likeness (QED) is 0.696. The Kier molecular flexibility index (Phi) is 6.34. The lowest BCUT2D eigenvalue weighted by Crippen LogP contribution is -2.55. The summed E-state index contributed by atoms with van der Waals surface area (Å²) >= 11 is 0. The second-order valence-electron chi connectivity index (χ2n) is 10.2. The van der Waals surface area contributed by atoms with Gasteiger partial charge in [-0.05, 0) is 53.0 Å². The van der Waals surface area contributed by atoms with Gasteiger partial charge in [0.25, 0.3) is 0 Å². The number of fused-ring (bicyclic) bond motifs is 1. The molecule has 2 heterocycles. The summed E-state index contributed by atoms with van der Waals surface area (Å²) in [6.45, 7) is 10.8. The Labute approximate surface area is 193 Å². The van der Waals surface area contributed by atoms with Crippen molar-refractivity contribution in [3.8, 4) is 11.1 Å². The fraction of sp³-hybridized carbons (Fsp3) is 0.536. The molecule has 1 saturated heterocycles. The van der Waals surface area contributed by atoms with Crippen LogP contribution >= 0.6 is 0 Å². The van der Waals surface area contributed by atoms with Crippen LogP contribution in [0.3, 0.4) is 0 Å². The van der Waals surface area contributed by atoms with Gasteiger partial charge in [0.15, 0.2) is 0 Å². The van der Waals surface area contributed by atoms with Gasteiger partial charge >= 0.3 is 0 Å². The van der Waals surface area contributed by atoms with E-state index >= 15 is 0 Å². The van der Waals surface area contributed by atoms with Crippen LogP contribution in [0.5, 0.6) is 0 Å². The van der Waals surface area contributed by atoms with E-state index in [0.717, 1.165) is 51.7 Å². The van der Waals surface area contributed by atoms with E-state index in [1.165, 1.54) is 47.1 Å². The van der Waals surface area contributed by atoms with Gasteiger partial charge in [-0.3, -0.25) is 14.6 Å². The topological polar surface area (TPSA) is 26.8 Å². The molecule has 0 spiro atoms. The molecule has 1 amide bonds. The molecule has 0 unspecified atom stereocenters. The van der Waals surface area contributed by atoms with Crippen LogP contribution in [0.2, 0.25) is 0 Å². The molecule has 0 radical (unpaired) electrons. The van der Waals surface area contributed by atoms with E-state index in [-0.39, 0.29) is 0 Å². The zero-order valence-electron chi connectivity index (χ0n) is 19.7. The molecule has 170 valence electrons. The van der Waals surface area contributed by atoms with Gasteiger partial charge in [0.2, 0.25) is 5.91 Å². The van der Waals surface area contributed by atoms with Crippen molar-refractivity contribution < 1.29 is 4.79 Å². The molecule has 2 aromatic rings. The van der Waals surface area contributed by atoms with Crippen LogP contribution in [0.1, 0.15) is 55.7 Å². The fourth-order valence-corrected chi connectivity index (χ4v) is 5.37. The number of carbonyl (C=O) groups excluding carboxylic acids is 1. The predicted molar refractivity (Wildman–Crippen MR) is 131 cm³/mol. The molecule has 2 aliphatic heterocycles. The summed E-state index contributed by atoms with van der Waals surface area (Å²) in [5.74, 6) is 0.872. The molecular weight excluding hydrogens is 394 g/mol. The molecule has 1 aliphatic carbocycles. The van der Waals surface area contributed by atoms with E-state index in [4.69, 9.17) is 0 Å². The summed E-state index contributed by atoms with van der Waals surface area (Å²) in [7, 11) is 0. The summed E-state index contributed by atoms with van der Waals surface area (Å²) in [6.07, 6.45) is 5.11. The van der Waals surface area contributed by atoms with Gasteiger partial charge in [-0.15, -0.1) is 0 Å². The number of piperazine rings is 1. The van der Waals surface area contributed by atoms with Crippen LogP contribution in [0.4, 0.5) is 0 Å². The monoisotopic (exact) mass is 431 g/mol. The molecular formula is C28H37N3O. The van der Waals surface area contributed by atoms with Gasteiger partial charge in [0, 0.05) is 45.3 Å². The molecule has 1 saturated carbocycles. The predicted octanol–water partition coefficient (Wildman–Crippen LogP) is 4.53. The first-order chi connectivity index (χ1) is 15.6. The van der Waals surface area contributed by atoms with E-state index in [1.54, 1.807) is 0 Å². The Bertz CT molecular complexity index is 940. The van der Waals surface area contributed by atoms with Gasteiger partial charge in [-0.25, -0.2) is 0 Å². The van der Waals surface area contributed by atoms with E-state index in [1.807, 2.05) is 0 Å². The standard InChI is InChI=1S/C28H37N3O/c1-21(2)22-6-8-23(9-7-22)24-10-11-26-19-29(13-12-25(26)18-24)20-28(32)31-16-14-30(15-17-31)27-4-3-5-27/h6-11,18,21,27H,3-5,12-17,19-20H2,1-2H3. The van der Waals surface area contributed by atoms with Crippen molar-refractivity contribution in [2.45, 2.75) is 58.0 Å². The van der Waals surface area contributed by atoms with Crippen LogP contribution in [0, 0.1) is 0 Å². The van der Waals surface area contributed by atoms with Crippen molar-refractivity contribution >= 4 is 5.91 Å². The summed E-state index contributed by atoms with van der Waals surface area (Å²) in [5.41, 5.74) is 6.79. The van der Waals surface area contributed by atoms with Crippen LogP contribution in [0.15, 0.2) is 42.5 Å². The molecule has 5 rings (SSSR count). The minimum Gasteiger partial charge on any atom is -0.339 e. The second-order valence-corrected chi connectivity index (χ2v) is 10.2. The number of hydrogen-bond donors (Lipinski definition) is 0. The van der Waals surface area contributed by atoms with Crippen molar-refractivity contribution in [1.82, 2.24) is 14.7 Å². The first kappa shape index (κ1) is 21.7. The molecule has 0 N–H and O–H groups in total. The zero-order valence-corrected chi connectivity index (χ0v) is 19.7. The van der Waals surface area contributed by atoms with Gasteiger partial charge < -0.3 is 4.90 Å². The van der Waals surface area contributed by atoms with Crippen molar-refractivity contribution in [2.24, 2.45) is 0 Å². The Morgan fingerprint density at radius 1 is 0.906 bits per heavy atom. The molecule has 32 heavy (non-hydrogen) atoms. The van der Waals surface area contributed by atoms with Crippen molar-refractivity contribution in [3.05, 3.63) is 59.2 Å². The maximum Gasteiger partial charge on any atom is 0.236 e. The third kappa shape index (κ3) is 4.62. The maximum absolute atomic E-state index is 12.9. The molecule has 3 aliphatic rings. The Balaban J connectivity index is 1.16. The van der Waals surface area contributed by atoms with Gasteiger partial charge in [0.05, 0.1) is 6.54 Å². The number of amides is 1. The molecule has 4 nitrogen and oxygen atoms in total. The van der Waals surface area contributed by atoms with Gasteiger partial charge in [-0.2, -0.15) is 0 Å². The normalized spacial score (nSPS) is 20.3. The van der Waals surface area contributed by atoms with Gasteiger partial charge in [0.1, 0.15) is 0 Å². The van der Waals surface area contributed by atoms with Crippen LogP contribution in [-0.4, -0.2) is 65.9 Å². The third-order valence-electron chi connectivity index (χ3n) is 7.83. The van der Waals surface area contributed by atoms with Crippen LogP contribution in [-0.2, 0) is 17.8 Å². The van der Waals surface area contributed by atoms with Crippen molar-refractivity contribution in [2.75, 3.05) is 39.3 Å². The van der Waals surface area contributed by atoms with E-state index in [9.17, 15) is 4.79 Å². The summed E-state index contributed by atoms with van der Waals surface area (Å²) < 4.78 is 0. The number of nitrogens with zero attached hydrogens (tertiary/aromatic N) is 3. The highest BCUT2D eigenvalue weighted by molar-refractivity contribution is 5.78. The molecule has 2 fully saturated rings. The average molecular weight is 432 g/mol. The first-order valence-corrected chi connectivity index (χ1v) is 12.5. The first-order valence-electron chi connectivity index (χ1n) is 12.5. The highest BCUT2D eigenvalue weighted by Gasteiger charge is 2.30. The zero-order chi connectivity index (χ0) is 22.1. The summed E-state index contributed by atoms with van der Waals surface area (Å²) in [6, 6.07) is 16.7. The second kappa shape index (κ2) is 9.36. The number of benzene rings is 2. The van der Waals surface area contributed by atoms with E-state index < -0.39 is 0 Å². The third-order valence-corrected chi connectivity index (χ3v) is 7.83. The molecule has 0 atom stereocenters. The average Bonchev–Trinajstić information content (AvgIpc) is 2.78. The lowest BCUT2D eigenvalue weighted by atomic mass is 9.91. The summed E-state index contributed by atoms with van der Waals surface area (Å²) in [4.78, 5) is 19.9. The Hall–Kier alpha value is -2.17. The summed E-state index contributed by atoms with van der Waals surface area (Å²) in [5, 5.41) is 0. The number of carbonyl (C=O) groups is 1. The highest BCUT2D eigenvalue weighted by atomic mass is 16.2. The van der Waals surface area contributed by atoms with Crippen molar-refractivity contribution in [1.29, 1.82) is 0 Å². The van der Waals surface area contributed by atoms with Gasteiger partial charge in [-0.1, -0.05) is 62.7 Å². The maximum atomic E-state index is 12.9. The SMILES string of the molecule is CC(C)c1ccc(-c2ccc3c(c2)CCN(CC(=O)N2CCN(C4CCC4)CC2)C3)cc1. The number of rotatable bonds is 5. The Morgan fingerprint density at radius 2 is 1.62 bits per heavy atom. The van der Waals surface area contributed by atoms with Crippen LogP contribution in [0.25, 0.3) is 11.1 Å². The lowest BCUT2D eigenvalue weighted by molar-refractivity contribution is -0.135. The smallest absolute Gasteiger partial charge is 0.236 e. The fourth-order valence-electron chi connectivity index (χ4n) is 5.37. The molecule has 2 aromatic carbocycles. The Morgan fingerprint density at radius 3 is 2.28 bits per heavy atom. The molecule has 0 bridgehead atoms. The number of hydrogen-bond acceptors (Lipinski definition) is 3. The minimum absolute atomic E-state index is 0.309. The van der Waals surface area contributed by atoms with E-state index in [0.29, 0.717) is 18.4 Å². The highest BCUT2D eigenvalue weighted by Crippen LogP contribution is 2.28. The molecule has 4 heteroatoms. The van der Waals surface area contributed by atoms with Crippen LogP contribution < -0.4 is 0 Å². The lowest BCUT2D eigenvalue weighted by Gasteiger charge is -2.43. The van der Waals surface area contributed by atoms with E-state index in [2.05, 4.69) is 71.0 Å². The minimum atomic E-state index is 0.309. The van der Waals surface area contributed by atoms with Crippen molar-refractivity contribution in [3.63, 3.8) is 0 Å². The largest absolute Gasteiger partial charge is 0.339 e. The molecule has 0 aromatic heterocycles.